The minimum atomic E-state index is -1.04. The molecule has 0 bridgehead atoms. The first-order valence-corrected chi connectivity index (χ1v) is 5.38. The van der Waals surface area contributed by atoms with Crippen molar-refractivity contribution in [2.75, 3.05) is 5.33 Å². The molecule has 0 aliphatic rings. The third-order valence-electron chi connectivity index (χ3n) is 1.88. The Hall–Kier alpha value is -0.650. The molecule has 0 aliphatic heterocycles. The average molecular weight is 262 g/mol. The lowest BCUT2D eigenvalue weighted by molar-refractivity contribution is 0.0147. The van der Waals surface area contributed by atoms with E-state index in [0.29, 0.717) is 17.4 Å². The zero-order chi connectivity index (χ0) is 10.6. The Labute approximate surface area is 89.7 Å². The molecule has 1 aromatic heterocycles. The average Bonchev–Trinajstić information content (AvgIpc) is 2.17. The van der Waals surface area contributed by atoms with Crippen LogP contribution in [0.2, 0.25) is 0 Å². The molecule has 0 aromatic carbocycles. The fraction of sp³-hybridized carbons (Fsp3) is 0.444. The molecule has 1 rings (SSSR count). The number of halogens is 1. The van der Waals surface area contributed by atoms with Gasteiger partial charge in [0.15, 0.2) is 5.43 Å². The van der Waals surface area contributed by atoms with Gasteiger partial charge in [-0.15, -0.1) is 0 Å². The molecule has 14 heavy (non-hydrogen) atoms. The first-order valence-electron chi connectivity index (χ1n) is 4.26. The number of aliphatic hydroxyl groups excluding tert-OH is 2. The van der Waals surface area contributed by atoms with E-state index in [4.69, 9.17) is 0 Å². The molecule has 1 heterocycles. The van der Waals surface area contributed by atoms with Crippen LogP contribution in [0.15, 0.2) is 23.1 Å². The van der Waals surface area contributed by atoms with Gasteiger partial charge in [0.2, 0.25) is 0 Å². The van der Waals surface area contributed by atoms with Crippen molar-refractivity contribution in [2.45, 2.75) is 18.6 Å². The second kappa shape index (κ2) is 5.29. The molecule has 1 aromatic rings. The van der Waals surface area contributed by atoms with Crippen molar-refractivity contribution in [1.82, 2.24) is 4.98 Å². The second-order valence-electron chi connectivity index (χ2n) is 2.97. The predicted octanol–water partition coefficient (Wildman–Crippen LogP) is 0.554. The predicted molar refractivity (Wildman–Crippen MR) is 56.4 cm³/mol. The minimum Gasteiger partial charge on any atom is -0.390 e. The summed E-state index contributed by atoms with van der Waals surface area (Å²) in [5.41, 5.74) is 0.148. The van der Waals surface area contributed by atoms with Crippen LogP contribution in [0.4, 0.5) is 0 Å². The van der Waals surface area contributed by atoms with E-state index in [-0.39, 0.29) is 5.43 Å². The zero-order valence-corrected chi connectivity index (χ0v) is 9.07. The summed E-state index contributed by atoms with van der Waals surface area (Å²) in [6.45, 7) is 0. The van der Waals surface area contributed by atoms with Crippen molar-refractivity contribution in [3.63, 3.8) is 0 Å². The van der Waals surface area contributed by atoms with E-state index in [9.17, 15) is 15.0 Å². The van der Waals surface area contributed by atoms with E-state index in [2.05, 4.69) is 20.9 Å². The van der Waals surface area contributed by atoms with Crippen molar-refractivity contribution < 1.29 is 10.2 Å². The van der Waals surface area contributed by atoms with E-state index in [1.807, 2.05) is 0 Å². The molecule has 2 unspecified atom stereocenters. The summed E-state index contributed by atoms with van der Waals surface area (Å²) in [7, 11) is 0. The first-order chi connectivity index (χ1) is 6.65. The molecule has 4 nitrogen and oxygen atoms in total. The summed E-state index contributed by atoms with van der Waals surface area (Å²) in [5.74, 6) is 0. The lowest BCUT2D eigenvalue weighted by Crippen LogP contribution is -2.20. The van der Waals surface area contributed by atoms with Gasteiger partial charge in [-0.1, -0.05) is 15.9 Å². The quantitative estimate of drug-likeness (QED) is 0.694. The monoisotopic (exact) mass is 261 g/mol. The van der Waals surface area contributed by atoms with Gasteiger partial charge in [-0.3, -0.25) is 4.79 Å². The van der Waals surface area contributed by atoms with Crippen molar-refractivity contribution in [3.05, 3.63) is 34.2 Å². The van der Waals surface area contributed by atoms with Crippen molar-refractivity contribution >= 4 is 15.9 Å². The molecule has 3 N–H and O–H groups in total. The van der Waals surface area contributed by atoms with Crippen LogP contribution in [0.25, 0.3) is 0 Å². The number of pyridine rings is 1. The molecule has 0 saturated heterocycles. The van der Waals surface area contributed by atoms with Crippen LogP contribution in [-0.2, 0) is 0 Å². The van der Waals surface area contributed by atoms with Gasteiger partial charge in [0.25, 0.3) is 0 Å². The minimum absolute atomic E-state index is 0.191. The number of hydrogen-bond acceptors (Lipinski definition) is 3. The van der Waals surface area contributed by atoms with Crippen LogP contribution in [-0.4, -0.2) is 26.6 Å². The Balaban J connectivity index is 2.78. The Kier molecular flexibility index (Phi) is 4.31. The number of H-pyrrole nitrogens is 1. The molecule has 0 amide bonds. The highest BCUT2D eigenvalue weighted by molar-refractivity contribution is 9.09. The Bertz CT molecular complexity index is 339. The zero-order valence-electron chi connectivity index (χ0n) is 7.48. The van der Waals surface area contributed by atoms with Gasteiger partial charge >= 0.3 is 0 Å². The maximum absolute atomic E-state index is 11.0. The molecule has 0 radical (unpaired) electrons. The molecular weight excluding hydrogens is 250 g/mol. The Morgan fingerprint density at radius 3 is 2.79 bits per heavy atom. The maximum Gasteiger partial charge on any atom is 0.181 e. The van der Waals surface area contributed by atoms with Crippen molar-refractivity contribution in [3.8, 4) is 0 Å². The maximum atomic E-state index is 11.0. The number of hydrogen-bond donors (Lipinski definition) is 3. The van der Waals surface area contributed by atoms with Gasteiger partial charge in [0, 0.05) is 23.7 Å². The highest BCUT2D eigenvalue weighted by atomic mass is 79.9. The van der Waals surface area contributed by atoms with Gasteiger partial charge in [-0.2, -0.15) is 0 Å². The number of nitrogens with one attached hydrogen (secondary N) is 1. The Morgan fingerprint density at radius 2 is 2.21 bits per heavy atom. The lowest BCUT2D eigenvalue weighted by atomic mass is 10.1. The largest absolute Gasteiger partial charge is 0.390 e. The van der Waals surface area contributed by atoms with E-state index >= 15 is 0 Å². The van der Waals surface area contributed by atoms with Gasteiger partial charge < -0.3 is 15.2 Å². The lowest BCUT2D eigenvalue weighted by Gasteiger charge is -2.16. The van der Waals surface area contributed by atoms with Crippen LogP contribution in [0.5, 0.6) is 0 Å². The van der Waals surface area contributed by atoms with E-state index < -0.39 is 12.2 Å². The number of aliphatic hydroxyl groups is 2. The third-order valence-corrected chi connectivity index (χ3v) is 2.34. The van der Waals surface area contributed by atoms with Gasteiger partial charge in [-0.05, 0) is 6.42 Å². The summed E-state index contributed by atoms with van der Waals surface area (Å²) in [6.07, 6.45) is -0.0336. The Morgan fingerprint density at radius 1 is 1.50 bits per heavy atom. The summed E-state index contributed by atoms with van der Waals surface area (Å²) in [5, 5.41) is 19.7. The van der Waals surface area contributed by atoms with E-state index in [0.717, 1.165) is 0 Å². The number of aromatic amines is 1. The van der Waals surface area contributed by atoms with Crippen molar-refractivity contribution in [1.29, 1.82) is 0 Å². The van der Waals surface area contributed by atoms with Crippen LogP contribution in [0.1, 0.15) is 18.2 Å². The van der Waals surface area contributed by atoms with Crippen LogP contribution in [0, 0.1) is 0 Å². The molecule has 0 spiro atoms. The molecular formula is C9H12BrNO3. The molecule has 0 aliphatic carbocycles. The topological polar surface area (TPSA) is 73.3 Å². The van der Waals surface area contributed by atoms with E-state index in [1.165, 1.54) is 18.3 Å². The summed E-state index contributed by atoms with van der Waals surface area (Å²) in [4.78, 5) is 13.7. The van der Waals surface area contributed by atoms with Crippen LogP contribution >= 0.6 is 15.9 Å². The van der Waals surface area contributed by atoms with Gasteiger partial charge in [-0.25, -0.2) is 0 Å². The van der Waals surface area contributed by atoms with E-state index in [1.54, 1.807) is 0 Å². The third kappa shape index (κ3) is 2.94. The summed E-state index contributed by atoms with van der Waals surface area (Å²) < 4.78 is 0. The highest BCUT2D eigenvalue weighted by Gasteiger charge is 2.18. The first kappa shape index (κ1) is 11.4. The second-order valence-corrected chi connectivity index (χ2v) is 3.76. The normalized spacial score (nSPS) is 15.1. The number of alkyl halides is 1. The smallest absolute Gasteiger partial charge is 0.181 e. The molecule has 0 saturated carbocycles. The summed E-state index contributed by atoms with van der Waals surface area (Å²) >= 11 is 3.16. The fourth-order valence-electron chi connectivity index (χ4n) is 1.11. The van der Waals surface area contributed by atoms with Gasteiger partial charge in [0.1, 0.15) is 6.10 Å². The van der Waals surface area contributed by atoms with Crippen molar-refractivity contribution in [2.24, 2.45) is 0 Å². The molecule has 78 valence electrons. The SMILES string of the molecule is O=c1cc[nH]c(C(O)C(O)CCBr)c1. The van der Waals surface area contributed by atoms with Crippen LogP contribution < -0.4 is 5.43 Å². The number of aromatic nitrogens is 1. The molecule has 0 fully saturated rings. The number of rotatable bonds is 4. The standard InChI is InChI=1S/C9H12BrNO3/c10-3-1-8(13)9(14)7-5-6(12)2-4-11-7/h2,4-5,8-9,13-14H,1,3H2,(H,11,12). The fourth-order valence-corrected chi connectivity index (χ4v) is 1.58. The van der Waals surface area contributed by atoms with Gasteiger partial charge in [0.05, 0.1) is 11.8 Å². The molecule has 2 atom stereocenters. The summed E-state index contributed by atoms with van der Waals surface area (Å²) in [6, 6.07) is 2.63. The molecule has 5 heteroatoms. The highest BCUT2D eigenvalue weighted by Crippen LogP contribution is 2.15. The van der Waals surface area contributed by atoms with Crippen LogP contribution in [0.3, 0.4) is 0 Å².